The first-order chi connectivity index (χ1) is 11.3. The van der Waals surface area contributed by atoms with Crippen LogP contribution in [0.15, 0.2) is 30.3 Å². The second-order valence-electron chi connectivity index (χ2n) is 7.62. The standard InChI is InChI=1S/C18H23N3O3/c1-18(2,3)11-14(22)20-10-9-13-15(20)16(23)21(17(24)19-13)12-7-5-4-6-8-12/h4-8,13,15H,9-11H2,1-3H3,(H,19,24)/t13-,15+/m1/s1. The van der Waals surface area contributed by atoms with Gasteiger partial charge in [-0.15, -0.1) is 0 Å². The largest absolute Gasteiger partial charge is 0.332 e. The second-order valence-corrected chi connectivity index (χ2v) is 7.62. The molecule has 2 heterocycles. The molecule has 2 fully saturated rings. The Kier molecular flexibility index (Phi) is 4.07. The Bertz CT molecular complexity index is 666. The molecule has 2 aliphatic rings. The molecule has 0 spiro atoms. The quantitative estimate of drug-likeness (QED) is 0.904. The van der Waals surface area contributed by atoms with Gasteiger partial charge in [-0.3, -0.25) is 9.59 Å². The first kappa shape index (κ1) is 16.5. The fourth-order valence-electron chi connectivity index (χ4n) is 3.36. The Labute approximate surface area is 141 Å². The summed E-state index contributed by atoms with van der Waals surface area (Å²) in [5.74, 6) is -0.359. The topological polar surface area (TPSA) is 69.7 Å². The van der Waals surface area contributed by atoms with Crippen LogP contribution in [0.1, 0.15) is 33.6 Å². The lowest BCUT2D eigenvalue weighted by atomic mass is 9.91. The number of nitrogens with one attached hydrogen (secondary N) is 1. The highest BCUT2D eigenvalue weighted by Gasteiger charge is 2.49. The number of hydrogen-bond acceptors (Lipinski definition) is 3. The lowest BCUT2D eigenvalue weighted by Gasteiger charge is -2.37. The number of rotatable bonds is 2. The molecule has 0 unspecified atom stereocenters. The third-order valence-electron chi connectivity index (χ3n) is 4.40. The van der Waals surface area contributed by atoms with E-state index in [9.17, 15) is 14.4 Å². The van der Waals surface area contributed by atoms with Crippen LogP contribution in [0, 0.1) is 5.41 Å². The summed E-state index contributed by atoms with van der Waals surface area (Å²) in [5.41, 5.74) is 0.378. The summed E-state index contributed by atoms with van der Waals surface area (Å²) in [6.45, 7) is 6.50. The molecule has 0 aromatic heterocycles. The molecule has 1 aromatic carbocycles. The van der Waals surface area contributed by atoms with Gasteiger partial charge in [0.2, 0.25) is 5.91 Å². The van der Waals surface area contributed by atoms with Gasteiger partial charge >= 0.3 is 6.03 Å². The van der Waals surface area contributed by atoms with Gasteiger partial charge in [0, 0.05) is 13.0 Å². The van der Waals surface area contributed by atoms with Crippen LogP contribution in [0.5, 0.6) is 0 Å². The van der Waals surface area contributed by atoms with Crippen LogP contribution < -0.4 is 10.2 Å². The van der Waals surface area contributed by atoms with Gasteiger partial charge in [0.05, 0.1) is 11.7 Å². The lowest BCUT2D eigenvalue weighted by molar-refractivity contribution is -0.139. The van der Waals surface area contributed by atoms with Crippen LogP contribution >= 0.6 is 0 Å². The van der Waals surface area contributed by atoms with E-state index >= 15 is 0 Å². The Balaban J connectivity index is 1.86. The van der Waals surface area contributed by atoms with Gasteiger partial charge in [-0.2, -0.15) is 0 Å². The van der Waals surface area contributed by atoms with Gasteiger partial charge < -0.3 is 10.2 Å². The number of nitrogens with zero attached hydrogens (tertiary/aromatic N) is 2. The van der Waals surface area contributed by atoms with E-state index in [0.717, 1.165) is 4.90 Å². The third kappa shape index (κ3) is 3.00. The minimum absolute atomic E-state index is 0.0347. The maximum absolute atomic E-state index is 13.0. The minimum Gasteiger partial charge on any atom is -0.332 e. The van der Waals surface area contributed by atoms with Crippen LogP contribution in [0.4, 0.5) is 10.5 Å². The third-order valence-corrected chi connectivity index (χ3v) is 4.40. The molecule has 1 aromatic rings. The second kappa shape index (κ2) is 5.92. The molecule has 2 saturated heterocycles. The van der Waals surface area contributed by atoms with Crippen molar-refractivity contribution in [2.24, 2.45) is 5.41 Å². The van der Waals surface area contributed by atoms with Crippen molar-refractivity contribution in [3.8, 4) is 0 Å². The number of amides is 4. The zero-order chi connectivity index (χ0) is 17.5. The van der Waals surface area contributed by atoms with E-state index < -0.39 is 12.1 Å². The van der Waals surface area contributed by atoms with Crippen LogP contribution in [0.25, 0.3) is 0 Å². The molecule has 0 bridgehead atoms. The number of fused-ring (bicyclic) bond motifs is 1. The van der Waals surface area contributed by atoms with E-state index in [0.29, 0.717) is 25.1 Å². The number of carbonyl (C=O) groups excluding carboxylic acids is 3. The Morgan fingerprint density at radius 2 is 1.88 bits per heavy atom. The number of imide groups is 1. The average molecular weight is 329 g/mol. The summed E-state index contributed by atoms with van der Waals surface area (Å²) in [6, 6.07) is 7.48. The molecule has 2 atom stereocenters. The van der Waals surface area contributed by atoms with Crippen molar-refractivity contribution >= 4 is 23.5 Å². The summed E-state index contributed by atoms with van der Waals surface area (Å²) in [5, 5.41) is 2.88. The summed E-state index contributed by atoms with van der Waals surface area (Å²) < 4.78 is 0. The van der Waals surface area contributed by atoms with Gasteiger partial charge in [-0.1, -0.05) is 39.0 Å². The fraction of sp³-hybridized carbons (Fsp3) is 0.500. The number of carbonyl (C=O) groups is 3. The summed E-state index contributed by atoms with van der Waals surface area (Å²) in [6.07, 6.45) is 0.990. The first-order valence-corrected chi connectivity index (χ1v) is 8.27. The molecule has 128 valence electrons. The fourth-order valence-corrected chi connectivity index (χ4v) is 3.36. The highest BCUT2D eigenvalue weighted by atomic mass is 16.2. The van der Waals surface area contributed by atoms with Gasteiger partial charge in [0.1, 0.15) is 6.04 Å². The van der Waals surface area contributed by atoms with Crippen LogP contribution in [0.3, 0.4) is 0 Å². The molecular formula is C18H23N3O3. The summed E-state index contributed by atoms with van der Waals surface area (Å²) in [7, 11) is 0. The van der Waals surface area contributed by atoms with Crippen molar-refractivity contribution in [2.75, 3.05) is 11.4 Å². The average Bonchev–Trinajstić information content (AvgIpc) is 2.90. The molecule has 6 heteroatoms. The number of benzene rings is 1. The molecule has 4 amide bonds. The van der Waals surface area contributed by atoms with Crippen molar-refractivity contribution in [1.82, 2.24) is 10.2 Å². The normalized spacial score (nSPS) is 24.0. The Morgan fingerprint density at radius 3 is 2.50 bits per heavy atom. The van der Waals surface area contributed by atoms with E-state index in [1.807, 2.05) is 26.8 Å². The molecule has 1 N–H and O–H groups in total. The lowest BCUT2D eigenvalue weighted by Crippen LogP contribution is -2.65. The molecule has 0 radical (unpaired) electrons. The summed E-state index contributed by atoms with van der Waals surface area (Å²) in [4.78, 5) is 40.7. The molecule has 0 saturated carbocycles. The number of para-hydroxylation sites is 1. The zero-order valence-corrected chi connectivity index (χ0v) is 14.3. The van der Waals surface area contributed by atoms with Crippen molar-refractivity contribution in [2.45, 2.75) is 45.7 Å². The smallest absolute Gasteiger partial charge is 0.329 e. The molecule has 6 nitrogen and oxygen atoms in total. The molecular weight excluding hydrogens is 306 g/mol. The Hall–Kier alpha value is -2.37. The van der Waals surface area contributed by atoms with E-state index in [2.05, 4.69) is 5.32 Å². The predicted octanol–water partition coefficient (Wildman–Crippen LogP) is 2.15. The first-order valence-electron chi connectivity index (χ1n) is 8.27. The number of hydrogen-bond donors (Lipinski definition) is 1. The van der Waals surface area contributed by atoms with E-state index in [1.54, 1.807) is 29.2 Å². The van der Waals surface area contributed by atoms with Crippen molar-refractivity contribution < 1.29 is 14.4 Å². The maximum atomic E-state index is 13.0. The van der Waals surface area contributed by atoms with Crippen LogP contribution in [-0.2, 0) is 9.59 Å². The number of likely N-dealkylation sites (tertiary alicyclic amines) is 1. The zero-order valence-electron chi connectivity index (χ0n) is 14.3. The van der Waals surface area contributed by atoms with Crippen molar-refractivity contribution in [3.05, 3.63) is 30.3 Å². The van der Waals surface area contributed by atoms with Gasteiger partial charge in [0.25, 0.3) is 5.91 Å². The van der Waals surface area contributed by atoms with Crippen molar-refractivity contribution in [3.63, 3.8) is 0 Å². The number of urea groups is 1. The molecule has 0 aliphatic carbocycles. The van der Waals surface area contributed by atoms with Crippen LogP contribution in [0.2, 0.25) is 0 Å². The van der Waals surface area contributed by atoms with Gasteiger partial charge in [-0.25, -0.2) is 9.69 Å². The van der Waals surface area contributed by atoms with E-state index in [4.69, 9.17) is 0 Å². The SMILES string of the molecule is CC(C)(C)CC(=O)N1CC[C@H]2NC(=O)N(c3ccccc3)C(=O)[C@H]21. The molecule has 3 rings (SSSR count). The predicted molar refractivity (Wildman–Crippen MR) is 90.4 cm³/mol. The monoisotopic (exact) mass is 329 g/mol. The van der Waals surface area contributed by atoms with Crippen LogP contribution in [-0.4, -0.2) is 41.4 Å². The van der Waals surface area contributed by atoms with E-state index in [1.165, 1.54) is 0 Å². The van der Waals surface area contributed by atoms with Crippen molar-refractivity contribution in [1.29, 1.82) is 0 Å². The minimum atomic E-state index is -0.613. The molecule has 2 aliphatic heterocycles. The summed E-state index contributed by atoms with van der Waals surface area (Å²) >= 11 is 0. The number of anilines is 1. The highest BCUT2D eigenvalue weighted by molar-refractivity contribution is 6.19. The molecule has 24 heavy (non-hydrogen) atoms. The Morgan fingerprint density at radius 1 is 1.21 bits per heavy atom. The van der Waals surface area contributed by atoms with Gasteiger partial charge in [0.15, 0.2) is 0 Å². The van der Waals surface area contributed by atoms with Gasteiger partial charge in [-0.05, 0) is 24.0 Å². The van der Waals surface area contributed by atoms with E-state index in [-0.39, 0.29) is 23.3 Å². The maximum Gasteiger partial charge on any atom is 0.329 e. The highest BCUT2D eigenvalue weighted by Crippen LogP contribution is 2.30.